The molecule has 0 aromatic heterocycles. The molecular weight excluding hydrogens is 384 g/mol. The maximum absolute atomic E-state index is 12.4. The Morgan fingerprint density at radius 2 is 2.04 bits per heavy atom. The molecule has 2 aliphatic heterocycles. The molecule has 2 fully saturated rings. The molecule has 26 heavy (non-hydrogen) atoms. The van der Waals surface area contributed by atoms with E-state index < -0.39 is 10.8 Å². The van der Waals surface area contributed by atoms with E-state index in [-0.39, 0.29) is 10.4 Å². The third-order valence-electron chi connectivity index (χ3n) is 4.64. The smallest absolute Gasteiger partial charge is 0.157 e. The third kappa shape index (κ3) is 6.13. The molecule has 1 unspecified atom stereocenters. The monoisotopic (exact) mass is 412 g/mol. The van der Waals surface area contributed by atoms with Gasteiger partial charge in [-0.3, -0.25) is 0 Å². The van der Waals surface area contributed by atoms with Crippen LogP contribution in [0.15, 0.2) is 40.6 Å². The van der Waals surface area contributed by atoms with Crippen molar-refractivity contribution in [3.8, 4) is 0 Å². The number of thioether (sulfide) groups is 2. The van der Waals surface area contributed by atoms with Crippen LogP contribution in [0.25, 0.3) is 0 Å². The van der Waals surface area contributed by atoms with E-state index in [1.165, 1.54) is 23.5 Å². The topological polar surface area (TPSA) is 35.5 Å². The van der Waals surface area contributed by atoms with Gasteiger partial charge in [0.2, 0.25) is 0 Å². The van der Waals surface area contributed by atoms with Crippen LogP contribution in [0.4, 0.5) is 0 Å². The van der Waals surface area contributed by atoms with Crippen LogP contribution in [0.1, 0.15) is 37.7 Å². The van der Waals surface area contributed by atoms with E-state index in [4.69, 9.17) is 9.47 Å². The molecule has 2 heterocycles. The molecular formula is C20H28O3S3. The van der Waals surface area contributed by atoms with Crippen LogP contribution in [-0.2, 0) is 20.3 Å². The molecule has 1 aromatic rings. The summed E-state index contributed by atoms with van der Waals surface area (Å²) >= 11 is 4.04. The number of allylic oxidation sites excluding steroid dienone is 1. The van der Waals surface area contributed by atoms with Crippen LogP contribution in [0, 0.1) is 6.92 Å². The van der Waals surface area contributed by atoms with Crippen LogP contribution in [0.5, 0.6) is 0 Å². The molecule has 0 aliphatic carbocycles. The quantitative estimate of drug-likeness (QED) is 0.592. The van der Waals surface area contributed by atoms with Crippen molar-refractivity contribution in [1.82, 2.24) is 0 Å². The zero-order valence-electron chi connectivity index (χ0n) is 15.4. The molecule has 3 nitrogen and oxygen atoms in total. The second-order valence-corrected chi connectivity index (χ2v) is 11.3. The van der Waals surface area contributed by atoms with E-state index in [0.29, 0.717) is 0 Å². The van der Waals surface area contributed by atoms with Gasteiger partial charge >= 0.3 is 0 Å². The van der Waals surface area contributed by atoms with Gasteiger partial charge in [0.25, 0.3) is 0 Å². The summed E-state index contributed by atoms with van der Waals surface area (Å²) in [4.78, 5) is 0.866. The van der Waals surface area contributed by atoms with Crippen molar-refractivity contribution >= 4 is 34.3 Å². The molecule has 2 saturated heterocycles. The van der Waals surface area contributed by atoms with Crippen LogP contribution >= 0.6 is 23.5 Å². The van der Waals surface area contributed by atoms with Gasteiger partial charge in [0, 0.05) is 28.4 Å². The summed E-state index contributed by atoms with van der Waals surface area (Å²) < 4.78 is 24.2. The maximum Gasteiger partial charge on any atom is 0.157 e. The minimum absolute atomic E-state index is 0.0122. The van der Waals surface area contributed by atoms with E-state index >= 15 is 0 Å². The van der Waals surface area contributed by atoms with Gasteiger partial charge in [-0.25, -0.2) is 4.21 Å². The summed E-state index contributed by atoms with van der Waals surface area (Å²) in [5, 5.41) is 1.84. The number of benzene rings is 1. The highest BCUT2D eigenvalue weighted by molar-refractivity contribution is 8.21. The molecule has 0 N–H and O–H groups in total. The van der Waals surface area contributed by atoms with Crippen LogP contribution in [0.2, 0.25) is 0 Å². The zero-order valence-corrected chi connectivity index (χ0v) is 17.8. The lowest BCUT2D eigenvalue weighted by Gasteiger charge is -2.28. The standard InChI is InChI=1S/C20H28O3S3/c1-17-6-8-18(9-7-17)26(21)16-4-10-20(24-14-15-25-20)11-13-23-19-5-2-3-12-22-19/h4,6-9,16,19H,2-3,5,10-15H2,1H3/b16-4+/t19?,26-/m1/s1. The summed E-state index contributed by atoms with van der Waals surface area (Å²) in [6.45, 7) is 3.60. The van der Waals surface area contributed by atoms with E-state index in [2.05, 4.69) is 6.08 Å². The van der Waals surface area contributed by atoms with Crippen LogP contribution < -0.4 is 0 Å². The zero-order chi connectivity index (χ0) is 18.2. The van der Waals surface area contributed by atoms with Gasteiger partial charge in [-0.2, -0.15) is 0 Å². The Hall–Kier alpha value is -0.270. The average molecular weight is 413 g/mol. The van der Waals surface area contributed by atoms with Gasteiger partial charge in [-0.15, -0.1) is 23.5 Å². The minimum atomic E-state index is -1.07. The minimum Gasteiger partial charge on any atom is -0.353 e. The highest BCUT2D eigenvalue weighted by Gasteiger charge is 2.34. The second kappa shape index (κ2) is 10.3. The van der Waals surface area contributed by atoms with Crippen molar-refractivity contribution in [1.29, 1.82) is 0 Å². The van der Waals surface area contributed by atoms with Gasteiger partial charge in [-0.1, -0.05) is 23.8 Å². The highest BCUT2D eigenvalue weighted by atomic mass is 32.2. The third-order valence-corrected chi connectivity index (χ3v) is 9.39. The van der Waals surface area contributed by atoms with Crippen LogP contribution in [0.3, 0.4) is 0 Å². The Bertz CT molecular complexity index is 603. The van der Waals surface area contributed by atoms with Crippen molar-refractivity contribution in [2.45, 2.75) is 54.3 Å². The molecule has 0 bridgehead atoms. The molecule has 144 valence electrons. The number of hydrogen-bond donors (Lipinski definition) is 0. The number of rotatable bonds is 8. The molecule has 0 spiro atoms. The van der Waals surface area contributed by atoms with Crippen molar-refractivity contribution in [3.05, 3.63) is 41.3 Å². The van der Waals surface area contributed by atoms with Crippen molar-refractivity contribution < 1.29 is 13.7 Å². The molecule has 2 atom stereocenters. The van der Waals surface area contributed by atoms with E-state index in [1.54, 1.807) is 0 Å². The Balaban J connectivity index is 1.49. The second-order valence-electron chi connectivity index (χ2n) is 6.71. The lowest BCUT2D eigenvalue weighted by atomic mass is 10.2. The maximum atomic E-state index is 12.4. The van der Waals surface area contributed by atoms with E-state index in [9.17, 15) is 4.21 Å². The molecule has 2 aliphatic rings. The predicted octanol–water partition coefficient (Wildman–Crippen LogP) is 5.12. The number of ether oxygens (including phenoxy) is 2. The molecule has 1 aromatic carbocycles. The number of hydrogen-bond acceptors (Lipinski definition) is 5. The van der Waals surface area contributed by atoms with Crippen molar-refractivity contribution in [3.63, 3.8) is 0 Å². The summed E-state index contributed by atoms with van der Waals surface area (Å²) in [6.07, 6.45) is 7.38. The lowest BCUT2D eigenvalue weighted by molar-refractivity contribution is -0.162. The Morgan fingerprint density at radius 1 is 1.27 bits per heavy atom. The first-order valence-electron chi connectivity index (χ1n) is 9.32. The fourth-order valence-corrected chi connectivity index (χ4v) is 7.08. The van der Waals surface area contributed by atoms with Gasteiger partial charge in [0.1, 0.15) is 0 Å². The highest BCUT2D eigenvalue weighted by Crippen LogP contribution is 2.49. The van der Waals surface area contributed by atoms with Crippen molar-refractivity contribution in [2.24, 2.45) is 0 Å². The average Bonchev–Trinajstić information content (AvgIpc) is 3.12. The fourth-order valence-electron chi connectivity index (χ4n) is 3.12. The fraction of sp³-hybridized carbons (Fsp3) is 0.600. The SMILES string of the molecule is Cc1ccc([S@](=O)/C=C/CC2(CCOC3CCCCO3)SCCS2)cc1. The first-order valence-corrected chi connectivity index (χ1v) is 12.5. The first kappa shape index (κ1) is 20.5. The summed E-state index contributed by atoms with van der Waals surface area (Å²) in [5.41, 5.74) is 1.19. The lowest BCUT2D eigenvalue weighted by Crippen LogP contribution is -2.26. The molecule has 0 amide bonds. The van der Waals surface area contributed by atoms with Gasteiger partial charge < -0.3 is 9.47 Å². The van der Waals surface area contributed by atoms with Crippen molar-refractivity contribution in [2.75, 3.05) is 24.7 Å². The first-order chi connectivity index (χ1) is 12.7. The Kier molecular flexibility index (Phi) is 8.12. The van der Waals surface area contributed by atoms with Gasteiger partial charge in [0.15, 0.2) is 6.29 Å². The Labute approximate surface area is 168 Å². The van der Waals surface area contributed by atoms with E-state index in [0.717, 1.165) is 43.8 Å². The van der Waals surface area contributed by atoms with E-state index in [1.807, 2.05) is 60.1 Å². The summed E-state index contributed by atoms with van der Waals surface area (Å²) in [6, 6.07) is 7.91. The van der Waals surface area contributed by atoms with Gasteiger partial charge in [0.05, 0.1) is 21.5 Å². The molecule has 6 heteroatoms. The molecule has 0 radical (unpaired) electrons. The molecule has 0 saturated carbocycles. The largest absolute Gasteiger partial charge is 0.353 e. The predicted molar refractivity (Wildman–Crippen MR) is 113 cm³/mol. The summed E-state index contributed by atoms with van der Waals surface area (Å²) in [5.74, 6) is 2.36. The normalized spacial score (nSPS) is 24.1. The van der Waals surface area contributed by atoms with Gasteiger partial charge in [-0.05, 0) is 51.2 Å². The van der Waals surface area contributed by atoms with Crippen LogP contribution in [-0.4, -0.2) is 39.3 Å². The Morgan fingerprint density at radius 3 is 2.73 bits per heavy atom. The molecule has 3 rings (SSSR count). The number of aryl methyl sites for hydroxylation is 1. The summed E-state index contributed by atoms with van der Waals surface area (Å²) in [7, 11) is -1.07.